The van der Waals surface area contributed by atoms with Crippen LogP contribution in [0.15, 0.2) is 11.8 Å². The molecule has 0 fully saturated rings. The Labute approximate surface area is 68.2 Å². The second kappa shape index (κ2) is 3.26. The van der Waals surface area contributed by atoms with Crippen LogP contribution in [0.4, 0.5) is 0 Å². The highest BCUT2D eigenvalue weighted by atomic mass is 16.5. The molecular formula is C9H16O2. The summed E-state index contributed by atoms with van der Waals surface area (Å²) in [5.74, 6) is 1.10. The molecule has 0 aromatic carbocycles. The molecule has 1 aliphatic carbocycles. The molecule has 0 unspecified atom stereocenters. The number of rotatable bonds is 2. The number of hydrogen-bond acceptors (Lipinski definition) is 2. The summed E-state index contributed by atoms with van der Waals surface area (Å²) in [7, 11) is 3.49. The van der Waals surface area contributed by atoms with Gasteiger partial charge in [0, 0.05) is 13.5 Å². The third kappa shape index (κ3) is 1.96. The van der Waals surface area contributed by atoms with Crippen molar-refractivity contribution in [3.8, 4) is 0 Å². The van der Waals surface area contributed by atoms with Crippen molar-refractivity contribution in [1.82, 2.24) is 0 Å². The fraction of sp³-hybridized carbons (Fsp3) is 0.778. The van der Waals surface area contributed by atoms with Crippen LogP contribution in [0, 0.1) is 0 Å². The number of hydrogen-bond donors (Lipinski definition) is 0. The fourth-order valence-electron chi connectivity index (χ4n) is 1.29. The predicted octanol–water partition coefficient (Wildman–Crippen LogP) is 2.11. The SMILES string of the molecule is COC1=CC[C@@](C)(OC)CC1. The van der Waals surface area contributed by atoms with E-state index in [0.717, 1.165) is 25.0 Å². The molecule has 0 amide bonds. The van der Waals surface area contributed by atoms with Gasteiger partial charge in [0.1, 0.15) is 0 Å². The molecule has 0 bridgehead atoms. The lowest BCUT2D eigenvalue weighted by Crippen LogP contribution is -2.29. The highest BCUT2D eigenvalue weighted by Gasteiger charge is 2.26. The lowest BCUT2D eigenvalue weighted by atomic mass is 9.90. The van der Waals surface area contributed by atoms with E-state index in [1.165, 1.54) is 0 Å². The lowest BCUT2D eigenvalue weighted by Gasteiger charge is -2.30. The first-order chi connectivity index (χ1) is 5.20. The molecule has 64 valence electrons. The summed E-state index contributed by atoms with van der Waals surface area (Å²) in [5, 5.41) is 0. The molecule has 0 aromatic heterocycles. The van der Waals surface area contributed by atoms with E-state index in [1.54, 1.807) is 14.2 Å². The van der Waals surface area contributed by atoms with Gasteiger partial charge in [0.05, 0.1) is 18.5 Å². The highest BCUT2D eigenvalue weighted by molar-refractivity contribution is 5.03. The van der Waals surface area contributed by atoms with Gasteiger partial charge >= 0.3 is 0 Å². The largest absolute Gasteiger partial charge is 0.501 e. The van der Waals surface area contributed by atoms with E-state index in [0.29, 0.717) is 0 Å². The van der Waals surface area contributed by atoms with Crippen molar-refractivity contribution in [3.05, 3.63) is 11.8 Å². The van der Waals surface area contributed by atoms with Gasteiger partial charge in [0.15, 0.2) is 0 Å². The number of ether oxygens (including phenoxy) is 2. The Balaban J connectivity index is 2.53. The quantitative estimate of drug-likeness (QED) is 0.609. The zero-order chi connectivity index (χ0) is 8.32. The minimum Gasteiger partial charge on any atom is -0.501 e. The van der Waals surface area contributed by atoms with Gasteiger partial charge in [-0.25, -0.2) is 0 Å². The molecule has 11 heavy (non-hydrogen) atoms. The highest BCUT2D eigenvalue weighted by Crippen LogP contribution is 2.29. The fourth-order valence-corrected chi connectivity index (χ4v) is 1.29. The van der Waals surface area contributed by atoms with Gasteiger partial charge in [-0.15, -0.1) is 0 Å². The smallest absolute Gasteiger partial charge is 0.0917 e. The summed E-state index contributed by atoms with van der Waals surface area (Å²) in [6.45, 7) is 2.13. The van der Waals surface area contributed by atoms with Gasteiger partial charge in [-0.1, -0.05) is 0 Å². The molecule has 1 atom stereocenters. The molecule has 0 aliphatic heterocycles. The Hall–Kier alpha value is -0.500. The van der Waals surface area contributed by atoms with E-state index in [4.69, 9.17) is 9.47 Å². The molecule has 2 nitrogen and oxygen atoms in total. The van der Waals surface area contributed by atoms with Crippen LogP contribution in [0.5, 0.6) is 0 Å². The van der Waals surface area contributed by atoms with Crippen LogP contribution in [-0.2, 0) is 9.47 Å². The van der Waals surface area contributed by atoms with E-state index in [-0.39, 0.29) is 5.60 Å². The van der Waals surface area contributed by atoms with Crippen LogP contribution in [0.1, 0.15) is 26.2 Å². The van der Waals surface area contributed by atoms with E-state index in [2.05, 4.69) is 13.0 Å². The van der Waals surface area contributed by atoms with Crippen LogP contribution in [-0.4, -0.2) is 19.8 Å². The maximum atomic E-state index is 5.37. The Bertz CT molecular complexity index is 163. The van der Waals surface area contributed by atoms with Crippen LogP contribution < -0.4 is 0 Å². The Kier molecular flexibility index (Phi) is 2.55. The van der Waals surface area contributed by atoms with Gasteiger partial charge in [-0.2, -0.15) is 0 Å². The van der Waals surface area contributed by atoms with Crippen molar-refractivity contribution >= 4 is 0 Å². The number of methoxy groups -OCH3 is 2. The molecular weight excluding hydrogens is 140 g/mol. The van der Waals surface area contributed by atoms with Crippen LogP contribution in [0.25, 0.3) is 0 Å². The summed E-state index contributed by atoms with van der Waals surface area (Å²) >= 11 is 0. The molecule has 0 spiro atoms. The molecule has 1 aliphatic rings. The van der Waals surface area contributed by atoms with Crippen molar-refractivity contribution in [1.29, 1.82) is 0 Å². The van der Waals surface area contributed by atoms with Gasteiger partial charge in [-0.3, -0.25) is 0 Å². The van der Waals surface area contributed by atoms with Crippen LogP contribution in [0.2, 0.25) is 0 Å². The normalized spacial score (nSPS) is 31.4. The van der Waals surface area contributed by atoms with Gasteiger partial charge in [0.2, 0.25) is 0 Å². The van der Waals surface area contributed by atoms with Crippen molar-refractivity contribution in [3.63, 3.8) is 0 Å². The second-order valence-electron chi connectivity index (χ2n) is 3.23. The van der Waals surface area contributed by atoms with Crippen molar-refractivity contribution in [2.45, 2.75) is 31.8 Å². The lowest BCUT2D eigenvalue weighted by molar-refractivity contribution is -0.00718. The maximum Gasteiger partial charge on any atom is 0.0917 e. The molecule has 0 radical (unpaired) electrons. The standard InChI is InChI=1S/C9H16O2/c1-9(11-3)6-4-8(10-2)5-7-9/h4H,5-7H2,1-3H3/t9-/m1/s1. The first-order valence-corrected chi connectivity index (χ1v) is 3.98. The summed E-state index contributed by atoms with van der Waals surface area (Å²) < 4.78 is 10.5. The molecule has 0 aromatic rings. The van der Waals surface area contributed by atoms with Crippen molar-refractivity contribution < 1.29 is 9.47 Å². The molecule has 0 saturated heterocycles. The molecule has 0 N–H and O–H groups in total. The van der Waals surface area contributed by atoms with E-state index < -0.39 is 0 Å². The first-order valence-electron chi connectivity index (χ1n) is 3.98. The molecule has 1 rings (SSSR count). The minimum atomic E-state index is 0.0437. The summed E-state index contributed by atoms with van der Waals surface area (Å²) in [6, 6.07) is 0. The second-order valence-corrected chi connectivity index (χ2v) is 3.23. The number of allylic oxidation sites excluding steroid dienone is 1. The van der Waals surface area contributed by atoms with Crippen molar-refractivity contribution in [2.75, 3.05) is 14.2 Å². The summed E-state index contributed by atoms with van der Waals surface area (Å²) in [5.41, 5.74) is 0.0437. The van der Waals surface area contributed by atoms with E-state index in [1.807, 2.05) is 0 Å². The van der Waals surface area contributed by atoms with E-state index in [9.17, 15) is 0 Å². The van der Waals surface area contributed by atoms with Crippen molar-refractivity contribution in [2.24, 2.45) is 0 Å². The average Bonchev–Trinajstić information content (AvgIpc) is 2.06. The zero-order valence-electron chi connectivity index (χ0n) is 7.52. The van der Waals surface area contributed by atoms with Crippen LogP contribution in [0.3, 0.4) is 0 Å². The molecule has 0 saturated carbocycles. The summed E-state index contributed by atoms with van der Waals surface area (Å²) in [6.07, 6.45) is 5.14. The van der Waals surface area contributed by atoms with Crippen LogP contribution >= 0.6 is 0 Å². The predicted molar refractivity (Wildman–Crippen MR) is 44.4 cm³/mol. The summed E-state index contributed by atoms with van der Waals surface area (Å²) in [4.78, 5) is 0. The third-order valence-electron chi connectivity index (χ3n) is 2.42. The monoisotopic (exact) mass is 156 g/mol. The third-order valence-corrected chi connectivity index (χ3v) is 2.42. The van der Waals surface area contributed by atoms with Gasteiger partial charge < -0.3 is 9.47 Å². The maximum absolute atomic E-state index is 5.37. The zero-order valence-corrected chi connectivity index (χ0v) is 7.52. The Morgan fingerprint density at radius 3 is 2.55 bits per heavy atom. The van der Waals surface area contributed by atoms with Gasteiger partial charge in [-0.05, 0) is 25.8 Å². The van der Waals surface area contributed by atoms with E-state index >= 15 is 0 Å². The van der Waals surface area contributed by atoms with Gasteiger partial charge in [0.25, 0.3) is 0 Å². The Morgan fingerprint density at radius 2 is 2.18 bits per heavy atom. The molecule has 2 heteroatoms. The average molecular weight is 156 g/mol. The molecule has 0 heterocycles. The minimum absolute atomic E-state index is 0.0437. The Morgan fingerprint density at radius 1 is 1.45 bits per heavy atom. The first kappa shape index (κ1) is 8.60. The topological polar surface area (TPSA) is 18.5 Å².